The van der Waals surface area contributed by atoms with Crippen LogP contribution in [0.15, 0.2) is 24.3 Å². The predicted octanol–water partition coefficient (Wildman–Crippen LogP) is 2.51. The fraction of sp³-hybridized carbons (Fsp3) is 0.529. The van der Waals surface area contributed by atoms with Gasteiger partial charge in [-0.05, 0) is 49.8 Å². The van der Waals surface area contributed by atoms with Crippen molar-refractivity contribution < 1.29 is 9.84 Å². The van der Waals surface area contributed by atoms with E-state index in [9.17, 15) is 0 Å². The zero-order valence-corrected chi connectivity index (χ0v) is 12.0. The number of rotatable bonds is 8. The van der Waals surface area contributed by atoms with E-state index in [1.807, 2.05) is 12.1 Å². The van der Waals surface area contributed by atoms with E-state index >= 15 is 0 Å². The number of ether oxygens (including phenoxy) is 1. The van der Waals surface area contributed by atoms with Crippen LogP contribution in [-0.2, 0) is 0 Å². The van der Waals surface area contributed by atoms with Crippen LogP contribution in [0.25, 0.3) is 0 Å². The SMILES string of the molecule is C#CCOc1ccc(C(C)NC(CCO)C2CC2)cc1. The lowest BCUT2D eigenvalue weighted by atomic mass is 10.0. The number of nitrogens with one attached hydrogen (secondary N) is 1. The number of benzene rings is 1. The molecule has 3 nitrogen and oxygen atoms in total. The molecule has 0 spiro atoms. The molecule has 0 amide bonds. The van der Waals surface area contributed by atoms with Gasteiger partial charge in [0.1, 0.15) is 12.4 Å². The van der Waals surface area contributed by atoms with Crippen molar-refractivity contribution >= 4 is 0 Å². The second-order valence-corrected chi connectivity index (χ2v) is 5.41. The molecule has 0 radical (unpaired) electrons. The van der Waals surface area contributed by atoms with Crippen molar-refractivity contribution in [1.82, 2.24) is 5.32 Å². The first-order valence-electron chi connectivity index (χ1n) is 7.27. The van der Waals surface area contributed by atoms with Crippen LogP contribution >= 0.6 is 0 Å². The molecule has 1 fully saturated rings. The normalized spacial score (nSPS) is 17.2. The molecule has 0 saturated heterocycles. The average Bonchev–Trinajstić information content (AvgIpc) is 3.29. The van der Waals surface area contributed by atoms with Crippen molar-refractivity contribution in [2.45, 2.75) is 38.3 Å². The smallest absolute Gasteiger partial charge is 0.148 e. The van der Waals surface area contributed by atoms with E-state index in [1.165, 1.54) is 18.4 Å². The Morgan fingerprint density at radius 1 is 1.40 bits per heavy atom. The van der Waals surface area contributed by atoms with E-state index in [0.29, 0.717) is 12.6 Å². The number of terminal acetylenes is 1. The molecule has 3 heteroatoms. The van der Waals surface area contributed by atoms with E-state index in [4.69, 9.17) is 16.3 Å². The lowest BCUT2D eigenvalue weighted by Crippen LogP contribution is -2.34. The summed E-state index contributed by atoms with van der Waals surface area (Å²) in [5.74, 6) is 3.99. The molecular weight excluding hydrogens is 250 g/mol. The maximum atomic E-state index is 9.14. The van der Waals surface area contributed by atoms with Crippen molar-refractivity contribution in [2.75, 3.05) is 13.2 Å². The molecule has 0 heterocycles. The minimum atomic E-state index is 0.250. The first-order chi connectivity index (χ1) is 9.74. The largest absolute Gasteiger partial charge is 0.481 e. The fourth-order valence-electron chi connectivity index (χ4n) is 2.49. The van der Waals surface area contributed by atoms with Crippen LogP contribution in [0.5, 0.6) is 5.75 Å². The summed E-state index contributed by atoms with van der Waals surface area (Å²) >= 11 is 0. The molecule has 20 heavy (non-hydrogen) atoms. The number of hydrogen-bond acceptors (Lipinski definition) is 3. The maximum absolute atomic E-state index is 9.14. The molecule has 1 aliphatic carbocycles. The van der Waals surface area contributed by atoms with E-state index in [-0.39, 0.29) is 12.6 Å². The average molecular weight is 273 g/mol. The number of aliphatic hydroxyl groups is 1. The third-order valence-corrected chi connectivity index (χ3v) is 3.80. The zero-order chi connectivity index (χ0) is 14.4. The summed E-state index contributed by atoms with van der Waals surface area (Å²) in [6, 6.07) is 8.71. The highest BCUT2D eigenvalue weighted by Crippen LogP contribution is 2.35. The standard InChI is InChI=1S/C17H23NO2/c1-3-12-20-16-8-6-14(7-9-16)13(2)18-17(10-11-19)15-4-5-15/h1,6-9,13,15,17-19H,4-5,10-12H2,2H3. The van der Waals surface area contributed by atoms with Gasteiger partial charge in [-0.15, -0.1) is 6.42 Å². The fourth-order valence-corrected chi connectivity index (χ4v) is 2.49. The second-order valence-electron chi connectivity index (χ2n) is 5.41. The lowest BCUT2D eigenvalue weighted by Gasteiger charge is -2.23. The van der Waals surface area contributed by atoms with Gasteiger partial charge in [-0.25, -0.2) is 0 Å². The maximum Gasteiger partial charge on any atom is 0.148 e. The second kappa shape index (κ2) is 7.33. The highest BCUT2D eigenvalue weighted by Gasteiger charge is 2.31. The summed E-state index contributed by atoms with van der Waals surface area (Å²) in [6.45, 7) is 2.71. The third-order valence-electron chi connectivity index (χ3n) is 3.80. The lowest BCUT2D eigenvalue weighted by molar-refractivity contribution is 0.250. The Bertz CT molecular complexity index is 445. The molecule has 1 aromatic carbocycles. The zero-order valence-electron chi connectivity index (χ0n) is 12.0. The molecule has 1 saturated carbocycles. The highest BCUT2D eigenvalue weighted by atomic mass is 16.5. The Balaban J connectivity index is 1.90. The van der Waals surface area contributed by atoms with Gasteiger partial charge in [0.15, 0.2) is 0 Å². The van der Waals surface area contributed by atoms with Crippen LogP contribution in [-0.4, -0.2) is 24.4 Å². The highest BCUT2D eigenvalue weighted by molar-refractivity contribution is 5.29. The van der Waals surface area contributed by atoms with Gasteiger partial charge in [0.05, 0.1) is 0 Å². The Morgan fingerprint density at radius 3 is 2.65 bits per heavy atom. The van der Waals surface area contributed by atoms with Gasteiger partial charge in [-0.3, -0.25) is 0 Å². The Kier molecular flexibility index (Phi) is 5.46. The summed E-state index contributed by atoms with van der Waals surface area (Å²) < 4.78 is 5.37. The number of aliphatic hydroxyl groups excluding tert-OH is 1. The topological polar surface area (TPSA) is 41.5 Å². The van der Waals surface area contributed by atoms with Gasteiger partial charge in [-0.1, -0.05) is 18.1 Å². The van der Waals surface area contributed by atoms with E-state index in [1.54, 1.807) is 0 Å². The van der Waals surface area contributed by atoms with Crippen LogP contribution in [0.1, 0.15) is 37.8 Å². The van der Waals surface area contributed by atoms with Gasteiger partial charge < -0.3 is 15.2 Å². The molecule has 2 unspecified atom stereocenters. The number of hydrogen-bond donors (Lipinski definition) is 2. The van der Waals surface area contributed by atoms with Gasteiger partial charge in [0.2, 0.25) is 0 Å². The van der Waals surface area contributed by atoms with Gasteiger partial charge in [-0.2, -0.15) is 0 Å². The molecule has 108 valence electrons. The third kappa shape index (κ3) is 4.26. The van der Waals surface area contributed by atoms with Crippen molar-refractivity contribution in [2.24, 2.45) is 5.92 Å². The van der Waals surface area contributed by atoms with Crippen LogP contribution in [0.2, 0.25) is 0 Å². The Labute approximate surface area is 121 Å². The Hall–Kier alpha value is -1.50. The van der Waals surface area contributed by atoms with Gasteiger partial charge in [0, 0.05) is 18.7 Å². The molecule has 1 aromatic rings. The summed E-state index contributed by atoms with van der Waals surface area (Å²) in [6.07, 6.45) is 8.56. The first-order valence-corrected chi connectivity index (χ1v) is 7.27. The summed E-state index contributed by atoms with van der Waals surface area (Å²) in [5, 5.41) is 12.8. The van der Waals surface area contributed by atoms with Crippen LogP contribution in [0.3, 0.4) is 0 Å². The van der Waals surface area contributed by atoms with Gasteiger partial charge in [0.25, 0.3) is 0 Å². The molecule has 0 aliphatic heterocycles. The summed E-state index contributed by atoms with van der Waals surface area (Å²) in [5.41, 5.74) is 1.22. The molecule has 2 rings (SSSR count). The minimum absolute atomic E-state index is 0.250. The molecule has 2 N–H and O–H groups in total. The quantitative estimate of drug-likeness (QED) is 0.715. The van der Waals surface area contributed by atoms with Crippen molar-refractivity contribution in [3.63, 3.8) is 0 Å². The first kappa shape index (κ1) is 14.9. The van der Waals surface area contributed by atoms with E-state index in [2.05, 4.69) is 30.3 Å². The van der Waals surface area contributed by atoms with Crippen LogP contribution < -0.4 is 10.1 Å². The van der Waals surface area contributed by atoms with E-state index in [0.717, 1.165) is 18.1 Å². The van der Waals surface area contributed by atoms with Crippen LogP contribution in [0, 0.1) is 18.3 Å². The van der Waals surface area contributed by atoms with Crippen molar-refractivity contribution in [3.8, 4) is 18.1 Å². The van der Waals surface area contributed by atoms with Crippen molar-refractivity contribution in [3.05, 3.63) is 29.8 Å². The molecule has 1 aliphatic rings. The Morgan fingerprint density at radius 2 is 2.10 bits per heavy atom. The monoisotopic (exact) mass is 273 g/mol. The minimum Gasteiger partial charge on any atom is -0.481 e. The summed E-state index contributed by atoms with van der Waals surface area (Å²) in [4.78, 5) is 0. The summed E-state index contributed by atoms with van der Waals surface area (Å²) in [7, 11) is 0. The predicted molar refractivity (Wildman–Crippen MR) is 80.5 cm³/mol. The van der Waals surface area contributed by atoms with Crippen molar-refractivity contribution in [1.29, 1.82) is 0 Å². The molecule has 2 atom stereocenters. The molecule has 0 bridgehead atoms. The molecular formula is C17H23NO2. The van der Waals surface area contributed by atoms with Crippen LogP contribution in [0.4, 0.5) is 0 Å². The van der Waals surface area contributed by atoms with E-state index < -0.39 is 0 Å². The van der Waals surface area contributed by atoms with Gasteiger partial charge >= 0.3 is 0 Å². The molecule has 0 aromatic heterocycles.